The van der Waals surface area contributed by atoms with Gasteiger partial charge in [-0.1, -0.05) is 30.3 Å². The molecule has 0 spiro atoms. The Kier molecular flexibility index (Phi) is 6.09. The maximum atomic E-state index is 13.2. The molecule has 2 aromatic heterocycles. The van der Waals surface area contributed by atoms with Crippen LogP contribution in [-0.2, 0) is 17.6 Å². The molecular weight excluding hydrogens is 322 g/mol. The Hall–Kier alpha value is -3.01. The van der Waals surface area contributed by atoms with E-state index in [0.717, 1.165) is 17.5 Å². The smallest absolute Gasteiger partial charge is 0.230 e. The van der Waals surface area contributed by atoms with Gasteiger partial charge in [0.2, 0.25) is 5.91 Å². The number of hydrogen-bond donors (Lipinski definition) is 0. The molecule has 3 rings (SSSR count). The van der Waals surface area contributed by atoms with Crippen LogP contribution in [0.2, 0.25) is 0 Å². The number of benzene rings is 1. The SMILES string of the molecule is CN(CCc1ccncc1)C(=O)C(Cc1ccncc1)c1ccccc1. The molecule has 0 N–H and O–H groups in total. The molecule has 1 aromatic carbocycles. The lowest BCUT2D eigenvalue weighted by molar-refractivity contribution is -0.131. The topological polar surface area (TPSA) is 46.1 Å². The molecule has 0 saturated carbocycles. The van der Waals surface area contributed by atoms with Crippen molar-refractivity contribution in [2.24, 2.45) is 0 Å². The summed E-state index contributed by atoms with van der Waals surface area (Å²) >= 11 is 0. The monoisotopic (exact) mass is 345 g/mol. The number of carbonyl (C=O) groups excluding carboxylic acids is 1. The van der Waals surface area contributed by atoms with Crippen LogP contribution in [0.1, 0.15) is 22.6 Å². The molecule has 1 amide bonds. The van der Waals surface area contributed by atoms with Crippen molar-refractivity contribution in [2.75, 3.05) is 13.6 Å². The van der Waals surface area contributed by atoms with E-state index in [0.29, 0.717) is 13.0 Å². The number of likely N-dealkylation sites (N-methyl/N-ethyl adjacent to an activating group) is 1. The summed E-state index contributed by atoms with van der Waals surface area (Å²) in [7, 11) is 1.88. The molecule has 0 saturated heterocycles. The summed E-state index contributed by atoms with van der Waals surface area (Å²) < 4.78 is 0. The molecule has 0 aliphatic carbocycles. The molecule has 0 aliphatic heterocycles. The van der Waals surface area contributed by atoms with E-state index in [2.05, 4.69) is 9.97 Å². The molecule has 0 aliphatic rings. The number of hydrogen-bond acceptors (Lipinski definition) is 3. The fourth-order valence-electron chi connectivity index (χ4n) is 3.01. The summed E-state index contributed by atoms with van der Waals surface area (Å²) in [6.45, 7) is 0.683. The molecule has 0 fully saturated rings. The van der Waals surface area contributed by atoms with Crippen molar-refractivity contribution >= 4 is 5.91 Å². The van der Waals surface area contributed by atoms with Crippen molar-refractivity contribution in [2.45, 2.75) is 18.8 Å². The first kappa shape index (κ1) is 17.8. The highest BCUT2D eigenvalue weighted by atomic mass is 16.2. The van der Waals surface area contributed by atoms with Gasteiger partial charge in [0.1, 0.15) is 0 Å². The standard InChI is InChI=1S/C22H23N3O/c1-25(16-11-18-7-12-23-13-8-18)22(26)21(20-5-3-2-4-6-20)17-19-9-14-24-15-10-19/h2-10,12-15,21H,11,16-17H2,1H3. The normalized spacial score (nSPS) is 11.7. The third-order valence-electron chi connectivity index (χ3n) is 4.55. The van der Waals surface area contributed by atoms with E-state index in [9.17, 15) is 4.79 Å². The molecule has 132 valence electrons. The fourth-order valence-corrected chi connectivity index (χ4v) is 3.01. The molecule has 2 heterocycles. The summed E-state index contributed by atoms with van der Waals surface area (Å²) in [6.07, 6.45) is 8.61. The second-order valence-electron chi connectivity index (χ2n) is 6.39. The largest absolute Gasteiger partial charge is 0.345 e. The number of aromatic nitrogens is 2. The lowest BCUT2D eigenvalue weighted by Gasteiger charge is -2.24. The van der Waals surface area contributed by atoms with Crippen molar-refractivity contribution in [1.29, 1.82) is 0 Å². The summed E-state index contributed by atoms with van der Waals surface area (Å²) in [6, 6.07) is 17.9. The van der Waals surface area contributed by atoms with Crippen LogP contribution in [0.3, 0.4) is 0 Å². The summed E-state index contributed by atoms with van der Waals surface area (Å²) in [5.41, 5.74) is 3.35. The highest BCUT2D eigenvalue weighted by molar-refractivity contribution is 5.84. The van der Waals surface area contributed by atoms with Crippen molar-refractivity contribution < 1.29 is 4.79 Å². The van der Waals surface area contributed by atoms with Gasteiger partial charge in [0.15, 0.2) is 0 Å². The molecule has 3 aromatic rings. The first-order valence-electron chi connectivity index (χ1n) is 8.82. The van der Waals surface area contributed by atoms with E-state index in [4.69, 9.17) is 0 Å². The quantitative estimate of drug-likeness (QED) is 0.658. The predicted octanol–water partition coefficient (Wildman–Crippen LogP) is 3.50. The molecule has 0 radical (unpaired) electrons. The van der Waals surface area contributed by atoms with Gasteiger partial charge in [-0.05, 0) is 53.8 Å². The van der Waals surface area contributed by atoms with Crippen molar-refractivity contribution in [3.63, 3.8) is 0 Å². The Bertz CT molecular complexity index is 807. The van der Waals surface area contributed by atoms with E-state index in [-0.39, 0.29) is 11.8 Å². The highest BCUT2D eigenvalue weighted by Gasteiger charge is 2.24. The van der Waals surface area contributed by atoms with Gasteiger partial charge in [-0.15, -0.1) is 0 Å². The molecule has 26 heavy (non-hydrogen) atoms. The van der Waals surface area contributed by atoms with Crippen LogP contribution in [0, 0.1) is 0 Å². The maximum absolute atomic E-state index is 13.2. The van der Waals surface area contributed by atoms with Crippen LogP contribution >= 0.6 is 0 Å². The summed E-state index contributed by atoms with van der Waals surface area (Å²) in [5, 5.41) is 0. The van der Waals surface area contributed by atoms with Crippen LogP contribution in [0.5, 0.6) is 0 Å². The van der Waals surface area contributed by atoms with Gasteiger partial charge in [-0.3, -0.25) is 14.8 Å². The van der Waals surface area contributed by atoms with Crippen LogP contribution < -0.4 is 0 Å². The molecule has 4 nitrogen and oxygen atoms in total. The third-order valence-corrected chi connectivity index (χ3v) is 4.55. The number of carbonyl (C=O) groups is 1. The molecule has 0 bridgehead atoms. The van der Waals surface area contributed by atoms with Gasteiger partial charge < -0.3 is 4.90 Å². The Morgan fingerprint density at radius 1 is 0.885 bits per heavy atom. The predicted molar refractivity (Wildman–Crippen MR) is 103 cm³/mol. The zero-order valence-corrected chi connectivity index (χ0v) is 15.0. The number of nitrogens with zero attached hydrogens (tertiary/aromatic N) is 3. The molecule has 1 unspecified atom stereocenters. The number of pyridine rings is 2. The average Bonchev–Trinajstić information content (AvgIpc) is 2.72. The number of rotatable bonds is 7. The van der Waals surface area contributed by atoms with E-state index in [1.54, 1.807) is 24.8 Å². The summed E-state index contributed by atoms with van der Waals surface area (Å²) in [4.78, 5) is 23.1. The van der Waals surface area contributed by atoms with Crippen molar-refractivity contribution in [3.8, 4) is 0 Å². The second-order valence-corrected chi connectivity index (χ2v) is 6.39. The van der Waals surface area contributed by atoms with Gasteiger partial charge in [0.05, 0.1) is 5.92 Å². The van der Waals surface area contributed by atoms with Crippen LogP contribution in [0.15, 0.2) is 79.4 Å². The summed E-state index contributed by atoms with van der Waals surface area (Å²) in [5.74, 6) is -0.0527. The Morgan fingerprint density at radius 2 is 1.46 bits per heavy atom. The van der Waals surface area contributed by atoms with Crippen LogP contribution in [-0.4, -0.2) is 34.4 Å². The second kappa shape index (κ2) is 8.90. The zero-order chi connectivity index (χ0) is 18.2. The highest BCUT2D eigenvalue weighted by Crippen LogP contribution is 2.23. The Labute approximate surface area is 154 Å². The first-order valence-corrected chi connectivity index (χ1v) is 8.82. The third kappa shape index (κ3) is 4.76. The van der Waals surface area contributed by atoms with Gasteiger partial charge in [0.25, 0.3) is 0 Å². The lowest BCUT2D eigenvalue weighted by atomic mass is 9.91. The first-order chi connectivity index (χ1) is 12.7. The lowest BCUT2D eigenvalue weighted by Crippen LogP contribution is -2.34. The van der Waals surface area contributed by atoms with E-state index in [1.165, 1.54) is 5.56 Å². The van der Waals surface area contributed by atoms with Crippen molar-refractivity contribution in [1.82, 2.24) is 14.9 Å². The maximum Gasteiger partial charge on any atom is 0.230 e. The molecular formula is C22H23N3O. The molecule has 1 atom stereocenters. The van der Waals surface area contributed by atoms with Crippen LogP contribution in [0.4, 0.5) is 0 Å². The van der Waals surface area contributed by atoms with Gasteiger partial charge in [-0.25, -0.2) is 0 Å². The minimum absolute atomic E-state index is 0.141. The van der Waals surface area contributed by atoms with Gasteiger partial charge >= 0.3 is 0 Å². The Balaban J connectivity index is 1.73. The van der Waals surface area contributed by atoms with Crippen molar-refractivity contribution in [3.05, 3.63) is 96.1 Å². The minimum atomic E-state index is -0.193. The van der Waals surface area contributed by atoms with E-state index in [1.807, 2.05) is 66.5 Å². The zero-order valence-electron chi connectivity index (χ0n) is 15.0. The number of amides is 1. The average molecular weight is 345 g/mol. The Morgan fingerprint density at radius 3 is 2.08 bits per heavy atom. The van der Waals surface area contributed by atoms with Gasteiger partial charge in [0, 0.05) is 38.4 Å². The molecule has 4 heteroatoms. The van der Waals surface area contributed by atoms with E-state index < -0.39 is 0 Å². The minimum Gasteiger partial charge on any atom is -0.345 e. The van der Waals surface area contributed by atoms with Crippen LogP contribution in [0.25, 0.3) is 0 Å². The fraction of sp³-hybridized carbons (Fsp3) is 0.227. The van der Waals surface area contributed by atoms with E-state index >= 15 is 0 Å². The van der Waals surface area contributed by atoms with Gasteiger partial charge in [-0.2, -0.15) is 0 Å².